The number of hydrogen-bond acceptors (Lipinski definition) is 3. The van der Waals surface area contributed by atoms with Crippen molar-refractivity contribution in [2.45, 2.75) is 19.4 Å². The molecule has 0 bridgehead atoms. The quantitative estimate of drug-likeness (QED) is 0.560. The third kappa shape index (κ3) is 3.35. The maximum atomic E-state index is 11.6. The molecule has 1 rings (SSSR count). The minimum atomic E-state index is -0.950. The van der Waals surface area contributed by atoms with Gasteiger partial charge in [0.2, 0.25) is 0 Å². The van der Waals surface area contributed by atoms with Crippen LogP contribution in [0.2, 0.25) is 0 Å². The van der Waals surface area contributed by atoms with Crippen LogP contribution in [0.3, 0.4) is 0 Å². The van der Waals surface area contributed by atoms with E-state index in [-0.39, 0.29) is 6.03 Å². The van der Waals surface area contributed by atoms with E-state index in [2.05, 4.69) is 17.2 Å². The lowest BCUT2D eigenvalue weighted by molar-refractivity contribution is -0.140. The van der Waals surface area contributed by atoms with Gasteiger partial charge in [-0.2, -0.15) is 0 Å². The van der Waals surface area contributed by atoms with Crippen molar-refractivity contribution in [1.82, 2.24) is 10.2 Å². The summed E-state index contributed by atoms with van der Waals surface area (Å²) in [5.41, 5.74) is 0. The number of urea groups is 1. The lowest BCUT2D eigenvalue weighted by Crippen LogP contribution is -2.47. The van der Waals surface area contributed by atoms with Gasteiger partial charge in [-0.05, 0) is 6.92 Å². The number of carboxylic acid groups (broad SMARTS) is 1. The molecule has 2 N–H and O–H groups in total. The van der Waals surface area contributed by atoms with Crippen LogP contribution in [0.4, 0.5) is 4.79 Å². The number of carboxylic acids is 1. The maximum Gasteiger partial charge on any atom is 0.327 e. The van der Waals surface area contributed by atoms with Crippen molar-refractivity contribution in [3.05, 3.63) is 0 Å². The van der Waals surface area contributed by atoms with E-state index in [1.807, 2.05) is 0 Å². The molecule has 1 fully saturated rings. The van der Waals surface area contributed by atoms with Gasteiger partial charge < -0.3 is 15.3 Å². The standard InChI is InChI=1S/C10H14N2O3S/c1-2-3-4-5-11-10(15)12-7-16-6-8(12)9(13)14/h8H,4-7H2,1H3,(H,11,15)(H,13,14)/t8-/m0/s1. The normalized spacial score (nSPS) is 18.8. The van der Waals surface area contributed by atoms with Gasteiger partial charge in [0, 0.05) is 18.7 Å². The summed E-state index contributed by atoms with van der Waals surface area (Å²) < 4.78 is 0. The lowest BCUT2D eigenvalue weighted by atomic mass is 10.3. The van der Waals surface area contributed by atoms with Gasteiger partial charge in [-0.3, -0.25) is 0 Å². The molecule has 1 saturated heterocycles. The van der Waals surface area contributed by atoms with E-state index in [9.17, 15) is 9.59 Å². The molecular weight excluding hydrogens is 228 g/mol. The van der Waals surface area contributed by atoms with Crippen molar-refractivity contribution in [2.75, 3.05) is 18.2 Å². The first-order chi connectivity index (χ1) is 7.66. The molecule has 1 atom stereocenters. The molecule has 0 aromatic heterocycles. The fraction of sp³-hybridized carbons (Fsp3) is 0.600. The number of thioether (sulfide) groups is 1. The number of aliphatic carboxylic acids is 1. The maximum absolute atomic E-state index is 11.6. The van der Waals surface area contributed by atoms with Crippen molar-refractivity contribution >= 4 is 23.8 Å². The number of carbonyl (C=O) groups is 2. The summed E-state index contributed by atoms with van der Waals surface area (Å²) in [6, 6.07) is -1.03. The molecular formula is C10H14N2O3S. The monoisotopic (exact) mass is 242 g/mol. The zero-order chi connectivity index (χ0) is 12.0. The van der Waals surface area contributed by atoms with Crippen molar-refractivity contribution in [1.29, 1.82) is 0 Å². The van der Waals surface area contributed by atoms with Gasteiger partial charge in [-0.15, -0.1) is 23.6 Å². The summed E-state index contributed by atoms with van der Waals surface area (Å²) in [5, 5.41) is 11.5. The topological polar surface area (TPSA) is 69.6 Å². The van der Waals surface area contributed by atoms with Crippen LogP contribution in [0.15, 0.2) is 0 Å². The Hall–Kier alpha value is -1.35. The molecule has 1 aliphatic heterocycles. The fourth-order valence-corrected chi connectivity index (χ4v) is 2.45. The predicted octanol–water partition coefficient (Wildman–Crippen LogP) is 0.569. The second kappa shape index (κ2) is 6.28. The van der Waals surface area contributed by atoms with Gasteiger partial charge in [0.25, 0.3) is 0 Å². The summed E-state index contributed by atoms with van der Waals surface area (Å²) in [6.45, 7) is 2.19. The molecule has 1 aliphatic rings. The second-order valence-electron chi connectivity index (χ2n) is 3.23. The third-order valence-electron chi connectivity index (χ3n) is 2.13. The highest BCUT2D eigenvalue weighted by Crippen LogP contribution is 2.20. The van der Waals surface area contributed by atoms with Gasteiger partial charge in [0.1, 0.15) is 6.04 Å². The number of amides is 2. The Bertz CT molecular complexity index is 335. The van der Waals surface area contributed by atoms with E-state index in [4.69, 9.17) is 5.11 Å². The highest BCUT2D eigenvalue weighted by Gasteiger charge is 2.34. The van der Waals surface area contributed by atoms with E-state index in [1.54, 1.807) is 6.92 Å². The lowest BCUT2D eigenvalue weighted by Gasteiger charge is -2.20. The molecule has 0 saturated carbocycles. The van der Waals surface area contributed by atoms with Crippen molar-refractivity contribution in [3.8, 4) is 11.8 Å². The number of nitrogens with zero attached hydrogens (tertiary/aromatic N) is 1. The van der Waals surface area contributed by atoms with E-state index in [0.29, 0.717) is 24.6 Å². The molecule has 1 heterocycles. The summed E-state index contributed by atoms with van der Waals surface area (Å²) >= 11 is 1.45. The average Bonchev–Trinajstić information content (AvgIpc) is 2.73. The molecule has 0 spiro atoms. The van der Waals surface area contributed by atoms with E-state index in [0.717, 1.165) is 0 Å². The van der Waals surface area contributed by atoms with Crippen molar-refractivity contribution in [3.63, 3.8) is 0 Å². The molecule has 0 aliphatic carbocycles. The molecule has 0 unspecified atom stereocenters. The zero-order valence-corrected chi connectivity index (χ0v) is 9.84. The largest absolute Gasteiger partial charge is 0.480 e. The Morgan fingerprint density at radius 1 is 1.62 bits per heavy atom. The van der Waals surface area contributed by atoms with Crippen molar-refractivity contribution < 1.29 is 14.7 Å². The van der Waals surface area contributed by atoms with Crippen LogP contribution in [0.1, 0.15) is 13.3 Å². The van der Waals surface area contributed by atoms with Gasteiger partial charge in [0.15, 0.2) is 0 Å². The number of hydrogen-bond donors (Lipinski definition) is 2. The first kappa shape index (κ1) is 12.7. The molecule has 88 valence electrons. The summed E-state index contributed by atoms with van der Waals surface area (Å²) in [6.07, 6.45) is 0.584. The molecule has 0 aromatic rings. The van der Waals surface area contributed by atoms with Crippen LogP contribution in [0, 0.1) is 11.8 Å². The minimum absolute atomic E-state index is 0.324. The molecule has 5 nitrogen and oxygen atoms in total. The van der Waals surface area contributed by atoms with Gasteiger partial charge in [-0.1, -0.05) is 0 Å². The number of rotatable bonds is 3. The third-order valence-corrected chi connectivity index (χ3v) is 3.14. The van der Waals surface area contributed by atoms with Crippen LogP contribution in [0.25, 0.3) is 0 Å². The van der Waals surface area contributed by atoms with Crippen LogP contribution in [-0.2, 0) is 4.79 Å². The second-order valence-corrected chi connectivity index (χ2v) is 4.23. The van der Waals surface area contributed by atoms with Gasteiger partial charge >= 0.3 is 12.0 Å². The predicted molar refractivity (Wildman–Crippen MR) is 62.1 cm³/mol. The Balaban J connectivity index is 2.40. The van der Waals surface area contributed by atoms with E-state index < -0.39 is 12.0 Å². The zero-order valence-electron chi connectivity index (χ0n) is 9.02. The van der Waals surface area contributed by atoms with Crippen molar-refractivity contribution in [2.24, 2.45) is 0 Å². The molecule has 0 aromatic carbocycles. The van der Waals surface area contributed by atoms with Gasteiger partial charge in [-0.25, -0.2) is 9.59 Å². The van der Waals surface area contributed by atoms with Crippen LogP contribution in [0.5, 0.6) is 0 Å². The molecule has 16 heavy (non-hydrogen) atoms. The Labute approximate surface area is 98.6 Å². The SMILES string of the molecule is CC#CCCNC(=O)N1CSC[C@H]1C(=O)O. The van der Waals surface area contributed by atoms with Crippen LogP contribution >= 0.6 is 11.8 Å². The van der Waals surface area contributed by atoms with Crippen LogP contribution < -0.4 is 5.32 Å². The minimum Gasteiger partial charge on any atom is -0.480 e. The molecule has 0 radical (unpaired) electrons. The highest BCUT2D eigenvalue weighted by atomic mass is 32.2. The smallest absolute Gasteiger partial charge is 0.327 e. The van der Waals surface area contributed by atoms with Gasteiger partial charge in [0.05, 0.1) is 5.88 Å². The summed E-state index contributed by atoms with van der Waals surface area (Å²) in [7, 11) is 0. The first-order valence-corrected chi connectivity index (χ1v) is 6.07. The summed E-state index contributed by atoms with van der Waals surface area (Å²) in [4.78, 5) is 23.8. The Kier molecular flexibility index (Phi) is 4.99. The fourth-order valence-electron chi connectivity index (χ4n) is 1.31. The number of carbonyl (C=O) groups excluding carboxylic acids is 1. The molecule has 6 heteroatoms. The van der Waals surface area contributed by atoms with Crippen LogP contribution in [-0.4, -0.2) is 46.2 Å². The van der Waals surface area contributed by atoms with E-state index >= 15 is 0 Å². The Morgan fingerprint density at radius 3 is 3.00 bits per heavy atom. The first-order valence-electron chi connectivity index (χ1n) is 4.91. The Morgan fingerprint density at radius 2 is 2.38 bits per heavy atom. The molecule has 2 amide bonds. The average molecular weight is 242 g/mol. The highest BCUT2D eigenvalue weighted by molar-refractivity contribution is 7.99. The number of nitrogens with one attached hydrogen (secondary N) is 1. The van der Waals surface area contributed by atoms with E-state index in [1.165, 1.54) is 16.7 Å². The summed E-state index contributed by atoms with van der Waals surface area (Å²) in [5.74, 6) is 5.49.